The minimum atomic E-state index is 1.13. The molecule has 0 heterocycles. The van der Waals surface area contributed by atoms with Crippen molar-refractivity contribution >= 4 is 17.7 Å². The van der Waals surface area contributed by atoms with E-state index in [1.807, 2.05) is 0 Å². The van der Waals surface area contributed by atoms with E-state index in [0.29, 0.717) is 0 Å². The molecule has 66 valence electrons. The first-order valence-corrected chi connectivity index (χ1v) is 5.22. The summed E-state index contributed by atoms with van der Waals surface area (Å²) in [6.45, 7) is 8.09. The standard InChI is InChI=1S/C10H20N.Li/c1-4-7-10-11(8-5-2)9-6-3;/h4,7H,1,5-6,8-10H2,2-3H3;. The van der Waals surface area contributed by atoms with Crippen LogP contribution in [0.1, 0.15) is 26.7 Å². The Labute approximate surface area is 86.4 Å². The van der Waals surface area contributed by atoms with Gasteiger partial charge in [-0.1, -0.05) is 0 Å². The molecule has 0 saturated carbocycles. The first-order valence-electron chi connectivity index (χ1n) is 5.22. The number of hydrogen-bond acceptors (Lipinski definition) is 1. The van der Waals surface area contributed by atoms with Crippen molar-refractivity contribution in [3.63, 3.8) is 0 Å². The van der Waals surface area contributed by atoms with E-state index in [1.165, 1.54) is 25.9 Å². The van der Waals surface area contributed by atoms with Gasteiger partial charge in [0, 0.05) is 0 Å². The topological polar surface area (TPSA) is 3.24 Å². The van der Waals surface area contributed by atoms with Crippen LogP contribution in [0.25, 0.3) is 0 Å². The molecule has 0 aromatic carbocycles. The maximum absolute atomic E-state index is 2.51. The molecule has 0 atom stereocenters. The van der Waals surface area contributed by atoms with Crippen LogP contribution >= 0.6 is 0 Å². The molecule has 2 heteroatoms. The number of nitrogens with zero attached hydrogens (tertiary/aromatic N) is 1. The van der Waals surface area contributed by atoms with Crippen molar-refractivity contribution in [3.8, 4) is 0 Å². The van der Waals surface area contributed by atoms with Crippen molar-refractivity contribution in [2.75, 3.05) is 19.6 Å². The van der Waals surface area contributed by atoms with Crippen molar-refractivity contribution in [2.24, 2.45) is 0 Å². The van der Waals surface area contributed by atoms with Gasteiger partial charge in [0.15, 0.2) is 0 Å². The summed E-state index contributed by atoms with van der Waals surface area (Å²) >= 11 is 2.18. The number of allylic oxidation sites excluding steroid dienone is 1. The molecule has 1 nitrogen and oxygen atoms in total. The summed E-state index contributed by atoms with van der Waals surface area (Å²) in [6, 6.07) is 0. The Morgan fingerprint density at radius 3 is 2.08 bits per heavy atom. The third-order valence-electron chi connectivity index (χ3n) is 1.85. The van der Waals surface area contributed by atoms with E-state index in [0.717, 1.165) is 11.6 Å². The van der Waals surface area contributed by atoms with Crippen LogP contribution in [0, 0.1) is 0 Å². The summed E-state index contributed by atoms with van der Waals surface area (Å²) in [4.78, 5) is 2.51. The van der Waals surface area contributed by atoms with Crippen molar-refractivity contribution in [3.05, 3.63) is 12.2 Å². The van der Waals surface area contributed by atoms with Gasteiger partial charge in [-0.05, 0) is 0 Å². The van der Waals surface area contributed by atoms with Crippen LogP contribution in [0.5, 0.6) is 0 Å². The molecule has 0 fully saturated rings. The van der Waals surface area contributed by atoms with E-state index in [1.54, 1.807) is 0 Å². The molecule has 0 unspecified atom stereocenters. The molecule has 0 aliphatic carbocycles. The monoisotopic (exact) mass is 161 g/mol. The zero-order valence-electron chi connectivity index (χ0n) is 8.84. The van der Waals surface area contributed by atoms with Crippen molar-refractivity contribution < 1.29 is 0 Å². The fourth-order valence-electron chi connectivity index (χ4n) is 1.32. The van der Waals surface area contributed by atoms with Crippen LogP contribution in [0.3, 0.4) is 0 Å². The predicted molar refractivity (Wildman–Crippen MR) is 56.7 cm³/mol. The summed E-state index contributed by atoms with van der Waals surface area (Å²) in [6.07, 6.45) is 7.06. The van der Waals surface area contributed by atoms with Crippen molar-refractivity contribution in [2.45, 2.75) is 31.8 Å². The normalized spacial score (nSPS) is 11.8. The van der Waals surface area contributed by atoms with E-state index in [2.05, 4.69) is 48.6 Å². The summed E-state index contributed by atoms with van der Waals surface area (Å²) in [7, 11) is 0. The fourth-order valence-corrected chi connectivity index (χ4v) is 1.32. The molecule has 0 aliphatic rings. The van der Waals surface area contributed by atoms with E-state index < -0.39 is 0 Å². The molecule has 0 aliphatic heterocycles. The van der Waals surface area contributed by atoms with Gasteiger partial charge in [0.05, 0.1) is 0 Å². The van der Waals surface area contributed by atoms with Crippen LogP contribution < -0.4 is 0 Å². The van der Waals surface area contributed by atoms with Crippen LogP contribution in [-0.4, -0.2) is 42.2 Å². The van der Waals surface area contributed by atoms with Crippen molar-refractivity contribution in [1.82, 2.24) is 4.90 Å². The van der Waals surface area contributed by atoms with Gasteiger partial charge < -0.3 is 0 Å². The molecule has 0 aromatic rings. The molecule has 0 N–H and O–H groups in total. The van der Waals surface area contributed by atoms with Gasteiger partial charge in [0.2, 0.25) is 0 Å². The summed E-state index contributed by atoms with van der Waals surface area (Å²) < 4.78 is 0. The zero-order chi connectivity index (χ0) is 9.23. The van der Waals surface area contributed by atoms with E-state index in [9.17, 15) is 0 Å². The number of hydrogen-bond donors (Lipinski definition) is 0. The van der Waals surface area contributed by atoms with Gasteiger partial charge in [-0.25, -0.2) is 0 Å². The molecule has 0 rings (SSSR count). The molecular weight excluding hydrogens is 141 g/mol. The quantitative estimate of drug-likeness (QED) is 0.409. The Morgan fingerprint density at radius 1 is 1.08 bits per heavy atom. The molecular formula is C10H20LiN. The predicted octanol–water partition coefficient (Wildman–Crippen LogP) is 2.25. The molecule has 0 radical (unpaired) electrons. The molecule has 0 aromatic heterocycles. The Bertz CT molecular complexity index is 106. The van der Waals surface area contributed by atoms with Crippen LogP contribution in [0.15, 0.2) is 12.2 Å². The second-order valence-corrected chi connectivity index (χ2v) is 3.18. The Morgan fingerprint density at radius 2 is 1.67 bits per heavy atom. The van der Waals surface area contributed by atoms with Crippen molar-refractivity contribution in [1.29, 1.82) is 0 Å². The Kier molecular flexibility index (Phi) is 9.62. The third kappa shape index (κ3) is 6.97. The molecule has 0 saturated heterocycles. The van der Waals surface area contributed by atoms with Gasteiger partial charge in [-0.15, -0.1) is 0 Å². The summed E-state index contributed by atoms with van der Waals surface area (Å²) in [5.74, 6) is 0. The minimum absolute atomic E-state index is 1.13. The van der Waals surface area contributed by atoms with Gasteiger partial charge in [0.25, 0.3) is 0 Å². The van der Waals surface area contributed by atoms with E-state index in [-0.39, 0.29) is 0 Å². The molecule has 0 amide bonds. The SMILES string of the molecule is [Li][CH2]C=CCN(CCC)CCC. The first kappa shape index (κ1) is 12.3. The van der Waals surface area contributed by atoms with Gasteiger partial charge in [-0.3, -0.25) is 0 Å². The molecule has 12 heavy (non-hydrogen) atoms. The Balaban J connectivity index is 3.54. The van der Waals surface area contributed by atoms with E-state index in [4.69, 9.17) is 0 Å². The average Bonchev–Trinajstić information content (AvgIpc) is 2.06. The molecule has 0 bridgehead atoms. The van der Waals surface area contributed by atoms with Gasteiger partial charge in [0.1, 0.15) is 0 Å². The van der Waals surface area contributed by atoms with E-state index >= 15 is 0 Å². The second-order valence-electron chi connectivity index (χ2n) is 3.18. The maximum atomic E-state index is 2.51. The average molecular weight is 161 g/mol. The zero-order valence-corrected chi connectivity index (χ0v) is 8.84. The van der Waals surface area contributed by atoms with Crippen LogP contribution in [0.2, 0.25) is 5.09 Å². The Hall–Kier alpha value is 0.297. The van der Waals surface area contributed by atoms with Crippen LogP contribution in [0.4, 0.5) is 0 Å². The van der Waals surface area contributed by atoms with Gasteiger partial charge >= 0.3 is 86.2 Å². The summed E-state index contributed by atoms with van der Waals surface area (Å²) in [5, 5.41) is 1.16. The fraction of sp³-hybridized carbons (Fsp3) is 0.800. The first-order chi connectivity index (χ1) is 5.85. The van der Waals surface area contributed by atoms with Gasteiger partial charge in [-0.2, -0.15) is 0 Å². The summed E-state index contributed by atoms with van der Waals surface area (Å²) in [5.41, 5.74) is 0. The second kappa shape index (κ2) is 9.39. The third-order valence-corrected chi connectivity index (χ3v) is 1.85. The number of rotatable bonds is 7. The molecule has 0 spiro atoms. The van der Waals surface area contributed by atoms with Crippen LogP contribution in [-0.2, 0) is 0 Å².